The maximum absolute atomic E-state index is 12.5. The predicted octanol–water partition coefficient (Wildman–Crippen LogP) is 3.49. The van der Waals surface area contributed by atoms with Crippen molar-refractivity contribution in [3.63, 3.8) is 0 Å². The lowest BCUT2D eigenvalue weighted by Gasteiger charge is -2.25. The van der Waals surface area contributed by atoms with Gasteiger partial charge in [-0.15, -0.1) is 0 Å². The Morgan fingerprint density at radius 1 is 0.889 bits per heavy atom. The number of hydrogen-bond acceptors (Lipinski definition) is 4. The van der Waals surface area contributed by atoms with Crippen LogP contribution in [-0.4, -0.2) is 23.9 Å². The molecule has 0 saturated carbocycles. The van der Waals surface area contributed by atoms with E-state index in [1.807, 2.05) is 30.3 Å². The molecule has 0 aliphatic heterocycles. The van der Waals surface area contributed by atoms with Crippen molar-refractivity contribution in [1.29, 1.82) is 0 Å². The molecule has 6 nitrogen and oxygen atoms in total. The fourth-order valence-electron chi connectivity index (χ4n) is 2.42. The Morgan fingerprint density at radius 3 is 1.93 bits per heavy atom. The second-order valence-corrected chi connectivity index (χ2v) is 6.79. The first-order valence-corrected chi connectivity index (χ1v) is 8.65. The Bertz CT molecular complexity index is 814. The second-order valence-electron chi connectivity index (χ2n) is 6.79. The molecule has 0 aliphatic rings. The van der Waals surface area contributed by atoms with Crippen molar-refractivity contribution in [1.82, 2.24) is 0 Å². The van der Waals surface area contributed by atoms with Gasteiger partial charge in [-0.1, -0.05) is 30.3 Å². The number of hydrogen-bond donors (Lipinski definition) is 2. The Balaban J connectivity index is 1.97. The van der Waals surface area contributed by atoms with E-state index in [4.69, 9.17) is 4.74 Å². The van der Waals surface area contributed by atoms with E-state index < -0.39 is 23.4 Å². The largest absolute Gasteiger partial charge is 0.452 e. The summed E-state index contributed by atoms with van der Waals surface area (Å²) in [7, 11) is 0. The lowest BCUT2D eigenvalue weighted by Crippen LogP contribution is -2.37. The van der Waals surface area contributed by atoms with E-state index in [0.717, 1.165) is 5.56 Å². The van der Waals surface area contributed by atoms with Crippen LogP contribution in [0.15, 0.2) is 54.6 Å². The highest BCUT2D eigenvalue weighted by Crippen LogP contribution is 2.25. The Labute approximate surface area is 158 Å². The minimum absolute atomic E-state index is 0.173. The summed E-state index contributed by atoms with van der Waals surface area (Å²) in [5.74, 6) is -1.08. The Morgan fingerprint density at radius 2 is 1.41 bits per heavy atom. The minimum Gasteiger partial charge on any atom is -0.452 e. The molecule has 6 heteroatoms. The fraction of sp³-hybridized carbons (Fsp3) is 0.286. The van der Waals surface area contributed by atoms with Crippen molar-refractivity contribution < 1.29 is 19.1 Å². The second kappa shape index (κ2) is 8.49. The van der Waals surface area contributed by atoms with E-state index in [1.165, 1.54) is 13.8 Å². The molecule has 0 aromatic heterocycles. The number of ether oxygens (including phenoxy) is 1. The Kier molecular flexibility index (Phi) is 6.34. The van der Waals surface area contributed by atoms with Gasteiger partial charge in [0.2, 0.25) is 5.91 Å². The monoisotopic (exact) mass is 368 g/mol. The lowest BCUT2D eigenvalue weighted by atomic mass is 9.85. The summed E-state index contributed by atoms with van der Waals surface area (Å²) in [6, 6.07) is 15.9. The van der Waals surface area contributed by atoms with Crippen LogP contribution in [0.4, 0.5) is 11.4 Å². The molecule has 0 spiro atoms. The molecule has 1 atom stereocenters. The van der Waals surface area contributed by atoms with E-state index in [0.29, 0.717) is 11.4 Å². The number of rotatable bonds is 6. The molecule has 2 aromatic rings. The summed E-state index contributed by atoms with van der Waals surface area (Å²) in [5, 5.41) is 5.34. The van der Waals surface area contributed by atoms with Crippen LogP contribution in [0.25, 0.3) is 0 Å². The molecular formula is C21H24N2O4. The first kappa shape index (κ1) is 20.2. The van der Waals surface area contributed by atoms with Crippen molar-refractivity contribution in [3.05, 3.63) is 60.2 Å². The van der Waals surface area contributed by atoms with Gasteiger partial charge in [0.25, 0.3) is 5.91 Å². The standard InChI is InChI=1S/C21H24N2O4/c1-14(27-20(26)21(3,4)16-8-6-5-7-9-16)19(25)23-18-12-10-17(11-13-18)22-15(2)24/h5-14H,1-4H3,(H,22,24)(H,23,25)/t14-/m0/s1. The summed E-state index contributed by atoms with van der Waals surface area (Å²) >= 11 is 0. The molecule has 27 heavy (non-hydrogen) atoms. The van der Waals surface area contributed by atoms with E-state index in [1.54, 1.807) is 38.1 Å². The third-order valence-corrected chi connectivity index (χ3v) is 4.13. The van der Waals surface area contributed by atoms with Gasteiger partial charge in [-0.25, -0.2) is 0 Å². The van der Waals surface area contributed by atoms with Crippen molar-refractivity contribution in [2.75, 3.05) is 10.6 Å². The molecule has 0 radical (unpaired) electrons. The third-order valence-electron chi connectivity index (χ3n) is 4.13. The molecular weight excluding hydrogens is 344 g/mol. The molecule has 0 fully saturated rings. The van der Waals surface area contributed by atoms with Gasteiger partial charge in [0.1, 0.15) is 0 Å². The van der Waals surface area contributed by atoms with Crippen LogP contribution in [0.5, 0.6) is 0 Å². The first-order chi connectivity index (χ1) is 12.7. The molecule has 0 aliphatic carbocycles. The van der Waals surface area contributed by atoms with Crippen LogP contribution >= 0.6 is 0 Å². The zero-order chi connectivity index (χ0) is 20.0. The van der Waals surface area contributed by atoms with E-state index >= 15 is 0 Å². The molecule has 0 unspecified atom stereocenters. The summed E-state index contributed by atoms with van der Waals surface area (Å²) in [5.41, 5.74) is 1.12. The molecule has 0 saturated heterocycles. The van der Waals surface area contributed by atoms with Crippen molar-refractivity contribution in [2.24, 2.45) is 0 Å². The van der Waals surface area contributed by atoms with Gasteiger partial charge in [0.15, 0.2) is 6.10 Å². The zero-order valence-electron chi connectivity index (χ0n) is 15.9. The predicted molar refractivity (Wildman–Crippen MR) is 104 cm³/mol. The van der Waals surface area contributed by atoms with Gasteiger partial charge in [-0.2, -0.15) is 0 Å². The summed E-state index contributed by atoms with van der Waals surface area (Å²) in [4.78, 5) is 35.9. The number of carbonyl (C=O) groups is 3. The topological polar surface area (TPSA) is 84.5 Å². The van der Waals surface area contributed by atoms with E-state index in [9.17, 15) is 14.4 Å². The van der Waals surface area contributed by atoms with Gasteiger partial charge in [0.05, 0.1) is 5.41 Å². The highest BCUT2D eigenvalue weighted by Gasteiger charge is 2.33. The van der Waals surface area contributed by atoms with Crippen LogP contribution in [0.2, 0.25) is 0 Å². The van der Waals surface area contributed by atoms with Gasteiger partial charge in [-0.3, -0.25) is 14.4 Å². The number of nitrogens with one attached hydrogen (secondary N) is 2. The number of amides is 2. The van der Waals surface area contributed by atoms with E-state index in [-0.39, 0.29) is 5.91 Å². The summed E-state index contributed by atoms with van der Waals surface area (Å²) in [6.07, 6.45) is -0.949. The number of anilines is 2. The summed E-state index contributed by atoms with van der Waals surface area (Å²) in [6.45, 7) is 6.47. The van der Waals surface area contributed by atoms with Gasteiger partial charge >= 0.3 is 5.97 Å². The maximum Gasteiger partial charge on any atom is 0.316 e. The molecule has 142 valence electrons. The maximum atomic E-state index is 12.5. The van der Waals surface area contributed by atoms with Crippen LogP contribution in [0.1, 0.15) is 33.3 Å². The molecule has 2 amide bonds. The fourth-order valence-corrected chi connectivity index (χ4v) is 2.42. The molecule has 2 aromatic carbocycles. The highest BCUT2D eigenvalue weighted by atomic mass is 16.5. The average Bonchev–Trinajstić information content (AvgIpc) is 2.63. The van der Waals surface area contributed by atoms with Crippen LogP contribution < -0.4 is 10.6 Å². The SMILES string of the molecule is CC(=O)Nc1ccc(NC(=O)[C@H](C)OC(=O)C(C)(C)c2ccccc2)cc1. The van der Waals surface area contributed by atoms with E-state index in [2.05, 4.69) is 10.6 Å². The average molecular weight is 368 g/mol. The normalized spacial score (nSPS) is 12.0. The smallest absolute Gasteiger partial charge is 0.316 e. The van der Waals surface area contributed by atoms with Crippen molar-refractivity contribution in [3.8, 4) is 0 Å². The molecule has 0 bridgehead atoms. The van der Waals surface area contributed by atoms with Crippen molar-refractivity contribution in [2.45, 2.75) is 39.2 Å². The number of carbonyl (C=O) groups excluding carboxylic acids is 3. The number of benzene rings is 2. The third kappa shape index (κ3) is 5.41. The minimum atomic E-state index is -0.949. The molecule has 0 heterocycles. The van der Waals surface area contributed by atoms with Crippen LogP contribution in [0, 0.1) is 0 Å². The van der Waals surface area contributed by atoms with Crippen LogP contribution in [0.3, 0.4) is 0 Å². The van der Waals surface area contributed by atoms with Gasteiger partial charge in [0, 0.05) is 18.3 Å². The highest BCUT2D eigenvalue weighted by molar-refractivity contribution is 5.96. The molecule has 2 rings (SSSR count). The molecule has 2 N–H and O–H groups in total. The zero-order valence-corrected chi connectivity index (χ0v) is 15.9. The Hall–Kier alpha value is -3.15. The summed E-state index contributed by atoms with van der Waals surface area (Å²) < 4.78 is 5.37. The lowest BCUT2D eigenvalue weighted by molar-refractivity contribution is -0.158. The van der Waals surface area contributed by atoms with Gasteiger partial charge in [-0.05, 0) is 50.6 Å². The quantitative estimate of drug-likeness (QED) is 0.765. The number of esters is 1. The van der Waals surface area contributed by atoms with Crippen molar-refractivity contribution >= 4 is 29.2 Å². The van der Waals surface area contributed by atoms with Crippen LogP contribution in [-0.2, 0) is 24.5 Å². The first-order valence-electron chi connectivity index (χ1n) is 8.65. The van der Waals surface area contributed by atoms with Gasteiger partial charge < -0.3 is 15.4 Å².